The summed E-state index contributed by atoms with van der Waals surface area (Å²) in [6.45, 7) is 3.32. The number of carbonyl (C=O) groups is 1. The minimum absolute atomic E-state index is 0.0464. The molecule has 0 bridgehead atoms. The van der Waals surface area contributed by atoms with Gasteiger partial charge in [0.1, 0.15) is 0 Å². The van der Waals surface area contributed by atoms with Crippen LogP contribution >= 0.6 is 0 Å². The van der Waals surface area contributed by atoms with E-state index in [9.17, 15) is 9.90 Å². The zero-order valence-electron chi connectivity index (χ0n) is 11.1. The van der Waals surface area contributed by atoms with Crippen LogP contribution < -0.4 is 4.90 Å². The van der Waals surface area contributed by atoms with Crippen molar-refractivity contribution in [3.05, 3.63) is 29.3 Å². The van der Waals surface area contributed by atoms with Crippen molar-refractivity contribution < 1.29 is 9.90 Å². The van der Waals surface area contributed by atoms with Gasteiger partial charge in [-0.25, -0.2) is 0 Å². The quantitative estimate of drug-likeness (QED) is 0.856. The first kappa shape index (κ1) is 13.4. The molecule has 100 valence electrons. The molecule has 1 atom stereocenters. The van der Waals surface area contributed by atoms with Gasteiger partial charge in [-0.2, -0.15) is 5.26 Å². The Morgan fingerprint density at radius 1 is 1.42 bits per heavy atom. The Bertz CT molecular complexity index is 534. The Morgan fingerprint density at radius 2 is 2.16 bits per heavy atom. The van der Waals surface area contributed by atoms with Crippen molar-refractivity contribution in [2.45, 2.75) is 13.0 Å². The maximum atomic E-state index is 11.8. The Morgan fingerprint density at radius 3 is 2.74 bits per heavy atom. The predicted octanol–water partition coefficient (Wildman–Crippen LogP) is 0.890. The highest BCUT2D eigenvalue weighted by Gasteiger charge is 2.24. The number of hydrogen-bond donors (Lipinski definition) is 1. The average Bonchev–Trinajstić information content (AvgIpc) is 2.41. The topological polar surface area (TPSA) is 67.6 Å². The van der Waals surface area contributed by atoms with Crippen LogP contribution in [-0.2, 0) is 4.79 Å². The molecule has 0 spiro atoms. The first-order valence-corrected chi connectivity index (χ1v) is 6.24. The van der Waals surface area contributed by atoms with Crippen molar-refractivity contribution in [1.82, 2.24) is 4.90 Å². The average molecular weight is 259 g/mol. The third-order valence-corrected chi connectivity index (χ3v) is 3.41. The predicted molar refractivity (Wildman–Crippen MR) is 71.6 cm³/mol. The monoisotopic (exact) mass is 259 g/mol. The first-order chi connectivity index (χ1) is 9.02. The highest BCUT2D eigenvalue weighted by atomic mass is 16.3. The Balaban J connectivity index is 2.37. The summed E-state index contributed by atoms with van der Waals surface area (Å²) in [4.78, 5) is 15.4. The molecule has 1 aromatic carbocycles. The van der Waals surface area contributed by atoms with Crippen molar-refractivity contribution in [3.8, 4) is 6.07 Å². The van der Waals surface area contributed by atoms with Gasteiger partial charge in [0, 0.05) is 31.4 Å². The zero-order valence-corrected chi connectivity index (χ0v) is 11.1. The van der Waals surface area contributed by atoms with Crippen LogP contribution in [0.3, 0.4) is 0 Å². The molecule has 0 saturated carbocycles. The maximum absolute atomic E-state index is 11.8. The van der Waals surface area contributed by atoms with Crippen LogP contribution in [0.15, 0.2) is 18.2 Å². The molecule has 1 heterocycles. The Labute approximate surface area is 112 Å². The smallest absolute Gasteiger partial charge is 0.241 e. The van der Waals surface area contributed by atoms with Gasteiger partial charge in [-0.3, -0.25) is 4.79 Å². The molecule has 5 nitrogen and oxygen atoms in total. The molecular formula is C14H17N3O2. The molecule has 1 aliphatic heterocycles. The van der Waals surface area contributed by atoms with Crippen molar-refractivity contribution in [3.63, 3.8) is 0 Å². The van der Waals surface area contributed by atoms with Crippen LogP contribution in [0.2, 0.25) is 0 Å². The second-order valence-corrected chi connectivity index (χ2v) is 4.80. The minimum atomic E-state index is -0.627. The summed E-state index contributed by atoms with van der Waals surface area (Å²) in [6.07, 6.45) is -0.627. The largest absolute Gasteiger partial charge is 0.389 e. The standard InChI is InChI=1S/C14H17N3O2/c1-10(18)12-4-3-11(8-15)7-13(12)17-6-5-16(2)14(19)9-17/h3-4,7,10,18H,5-6,9H2,1-2H3. The van der Waals surface area contributed by atoms with Crippen LogP contribution in [0.4, 0.5) is 5.69 Å². The lowest BCUT2D eigenvalue weighted by Crippen LogP contribution is -2.48. The van der Waals surface area contributed by atoms with E-state index in [1.807, 2.05) is 4.90 Å². The number of rotatable bonds is 2. The number of carbonyl (C=O) groups excluding carboxylic acids is 1. The van der Waals surface area contributed by atoms with Gasteiger partial charge in [0.2, 0.25) is 5.91 Å². The van der Waals surface area contributed by atoms with E-state index in [-0.39, 0.29) is 12.5 Å². The Kier molecular flexibility index (Phi) is 3.72. The third kappa shape index (κ3) is 2.69. The van der Waals surface area contributed by atoms with E-state index in [0.29, 0.717) is 18.7 Å². The molecule has 1 fully saturated rings. The van der Waals surface area contributed by atoms with Crippen molar-refractivity contribution in [2.24, 2.45) is 0 Å². The Hall–Kier alpha value is -2.06. The number of anilines is 1. The zero-order chi connectivity index (χ0) is 14.0. The molecule has 1 aromatic rings. The van der Waals surface area contributed by atoms with Crippen LogP contribution in [0.25, 0.3) is 0 Å². The van der Waals surface area contributed by atoms with Gasteiger partial charge in [0.05, 0.1) is 24.3 Å². The minimum Gasteiger partial charge on any atom is -0.389 e. The third-order valence-electron chi connectivity index (χ3n) is 3.41. The van der Waals surface area contributed by atoms with Crippen LogP contribution in [-0.4, -0.2) is 42.6 Å². The molecule has 0 radical (unpaired) electrons. The van der Waals surface area contributed by atoms with E-state index in [2.05, 4.69) is 6.07 Å². The number of benzene rings is 1. The fraction of sp³-hybridized carbons (Fsp3) is 0.429. The van der Waals surface area contributed by atoms with Crippen molar-refractivity contribution in [2.75, 3.05) is 31.6 Å². The molecule has 1 saturated heterocycles. The van der Waals surface area contributed by atoms with E-state index in [1.54, 1.807) is 37.1 Å². The fourth-order valence-corrected chi connectivity index (χ4v) is 2.20. The van der Waals surface area contributed by atoms with Gasteiger partial charge in [0.15, 0.2) is 0 Å². The van der Waals surface area contributed by atoms with E-state index < -0.39 is 6.10 Å². The number of likely N-dealkylation sites (N-methyl/N-ethyl adjacent to an activating group) is 1. The van der Waals surface area contributed by atoms with E-state index >= 15 is 0 Å². The van der Waals surface area contributed by atoms with Gasteiger partial charge in [-0.05, 0) is 19.1 Å². The van der Waals surface area contributed by atoms with Gasteiger partial charge >= 0.3 is 0 Å². The first-order valence-electron chi connectivity index (χ1n) is 6.24. The van der Waals surface area contributed by atoms with Gasteiger partial charge < -0.3 is 14.9 Å². The number of piperazine rings is 1. The SMILES string of the molecule is CC(O)c1ccc(C#N)cc1N1CCN(C)C(=O)C1. The number of amides is 1. The highest BCUT2D eigenvalue weighted by Crippen LogP contribution is 2.28. The summed E-state index contributed by atoms with van der Waals surface area (Å²) in [7, 11) is 1.78. The lowest BCUT2D eigenvalue weighted by atomic mass is 10.0. The summed E-state index contributed by atoms with van der Waals surface area (Å²) in [6, 6.07) is 7.26. The number of nitriles is 1. The molecule has 2 rings (SSSR count). The van der Waals surface area contributed by atoms with Crippen molar-refractivity contribution in [1.29, 1.82) is 5.26 Å². The molecular weight excluding hydrogens is 242 g/mol. The molecule has 0 aliphatic carbocycles. The van der Waals surface area contributed by atoms with E-state index in [0.717, 1.165) is 11.3 Å². The molecule has 5 heteroatoms. The van der Waals surface area contributed by atoms with Crippen LogP contribution in [0.5, 0.6) is 0 Å². The van der Waals surface area contributed by atoms with Crippen molar-refractivity contribution >= 4 is 11.6 Å². The van der Waals surface area contributed by atoms with Gasteiger partial charge in [-0.1, -0.05) is 6.07 Å². The molecule has 1 aliphatic rings. The van der Waals surface area contributed by atoms with Crippen LogP contribution in [0.1, 0.15) is 24.2 Å². The maximum Gasteiger partial charge on any atom is 0.241 e. The second kappa shape index (κ2) is 5.29. The lowest BCUT2D eigenvalue weighted by molar-refractivity contribution is -0.129. The normalized spacial score (nSPS) is 17.3. The summed E-state index contributed by atoms with van der Waals surface area (Å²) >= 11 is 0. The number of aliphatic hydroxyl groups excluding tert-OH is 1. The molecule has 1 N–H and O–H groups in total. The molecule has 19 heavy (non-hydrogen) atoms. The molecule has 1 amide bonds. The lowest BCUT2D eigenvalue weighted by Gasteiger charge is -2.35. The van der Waals surface area contributed by atoms with Crippen LogP contribution in [0, 0.1) is 11.3 Å². The molecule has 0 aromatic heterocycles. The summed E-state index contributed by atoms with van der Waals surface area (Å²) in [5, 5.41) is 18.8. The highest BCUT2D eigenvalue weighted by molar-refractivity contribution is 5.83. The second-order valence-electron chi connectivity index (χ2n) is 4.80. The summed E-state index contributed by atoms with van der Waals surface area (Å²) in [5.74, 6) is 0.0464. The molecule has 1 unspecified atom stereocenters. The summed E-state index contributed by atoms with van der Waals surface area (Å²) < 4.78 is 0. The van der Waals surface area contributed by atoms with Gasteiger partial charge in [-0.15, -0.1) is 0 Å². The van der Waals surface area contributed by atoms with E-state index in [4.69, 9.17) is 5.26 Å². The summed E-state index contributed by atoms with van der Waals surface area (Å²) in [5.41, 5.74) is 2.05. The number of nitrogens with zero attached hydrogens (tertiary/aromatic N) is 3. The number of aliphatic hydroxyl groups is 1. The van der Waals surface area contributed by atoms with E-state index in [1.165, 1.54) is 0 Å². The fourth-order valence-electron chi connectivity index (χ4n) is 2.20. The van der Waals surface area contributed by atoms with Gasteiger partial charge in [0.25, 0.3) is 0 Å². The number of hydrogen-bond acceptors (Lipinski definition) is 4.